The van der Waals surface area contributed by atoms with E-state index in [1.165, 1.54) is 0 Å². The molecular weight excluding hydrogens is 224 g/mol. The Morgan fingerprint density at radius 2 is 2.07 bits per heavy atom. The summed E-state index contributed by atoms with van der Waals surface area (Å²) in [7, 11) is -2.31. The molecule has 0 aliphatic carbocycles. The number of hydrogen-bond donors (Lipinski definition) is 3. The molecule has 0 aromatic carbocycles. The summed E-state index contributed by atoms with van der Waals surface area (Å²) < 4.78 is 20.1. The number of hydrogen-bond acceptors (Lipinski definition) is 5. The number of carboxylic acid groups (broad SMARTS) is 1. The molecule has 0 aliphatic heterocycles. The molecule has 0 spiro atoms. The molecule has 0 aliphatic rings. The molecule has 0 aromatic rings. The Balaban J connectivity index is 3.76. The van der Waals surface area contributed by atoms with Crippen molar-refractivity contribution in [3.8, 4) is 0 Å². The summed E-state index contributed by atoms with van der Waals surface area (Å²) in [4.78, 5) is 21.2. The first kappa shape index (κ1) is 13.6. The summed E-state index contributed by atoms with van der Waals surface area (Å²) in [6, 6.07) is -1.08. The highest BCUT2D eigenvalue weighted by molar-refractivity contribution is 7.71. The lowest BCUT2D eigenvalue weighted by atomic mass is 10.1. The third kappa shape index (κ3) is 7.65. The van der Waals surface area contributed by atoms with E-state index in [4.69, 9.17) is 10.8 Å². The molecule has 1 unspecified atom stereocenters. The van der Waals surface area contributed by atoms with Crippen LogP contribution >= 0.6 is 0 Å². The molecule has 0 fully saturated rings. The fraction of sp³-hybridized carbons (Fsp3) is 0.571. The molecule has 0 heterocycles. The Morgan fingerprint density at radius 3 is 2.53 bits per heavy atom. The molecule has 8 heteroatoms. The average Bonchev–Trinajstić information content (AvgIpc) is 2.13. The maximum atomic E-state index is 11.0. The van der Waals surface area contributed by atoms with Gasteiger partial charge in [-0.2, -0.15) is 8.42 Å². The van der Waals surface area contributed by atoms with Crippen LogP contribution in [-0.4, -0.2) is 43.4 Å². The first-order valence-corrected chi connectivity index (χ1v) is 5.23. The third-order valence-corrected chi connectivity index (χ3v) is 1.96. The van der Waals surface area contributed by atoms with Gasteiger partial charge in [-0.1, -0.05) is 0 Å². The predicted molar refractivity (Wildman–Crippen MR) is 52.8 cm³/mol. The van der Waals surface area contributed by atoms with E-state index in [-0.39, 0.29) is 19.4 Å². The van der Waals surface area contributed by atoms with Crippen molar-refractivity contribution in [1.82, 2.24) is 5.32 Å². The Hall–Kier alpha value is -1.41. The summed E-state index contributed by atoms with van der Waals surface area (Å²) in [6.45, 7) is -0.0999. The molecule has 0 radical (unpaired) electrons. The van der Waals surface area contributed by atoms with Crippen LogP contribution in [0.15, 0.2) is 0 Å². The topological polar surface area (TPSA) is 127 Å². The second-order valence-electron chi connectivity index (χ2n) is 2.71. The first-order valence-electron chi connectivity index (χ1n) is 4.10. The third-order valence-electron chi connectivity index (χ3n) is 1.52. The van der Waals surface area contributed by atoms with Crippen LogP contribution in [0.25, 0.3) is 0 Å². The van der Waals surface area contributed by atoms with Gasteiger partial charge < -0.3 is 16.2 Å². The van der Waals surface area contributed by atoms with Gasteiger partial charge in [0.1, 0.15) is 6.04 Å². The number of nitrogens with one attached hydrogen (secondary N) is 1. The zero-order valence-electron chi connectivity index (χ0n) is 7.84. The molecule has 15 heavy (non-hydrogen) atoms. The van der Waals surface area contributed by atoms with Crippen LogP contribution in [0.4, 0.5) is 0 Å². The number of aliphatic carboxylic acids is 1. The van der Waals surface area contributed by atoms with Gasteiger partial charge in [-0.25, -0.2) is 0 Å². The number of nitrogens with two attached hydrogens (primary N) is 1. The van der Waals surface area contributed by atoms with Crippen molar-refractivity contribution in [3.05, 3.63) is 0 Å². The molecule has 4 N–H and O–H groups in total. The molecule has 0 saturated heterocycles. The van der Waals surface area contributed by atoms with Gasteiger partial charge in [0, 0.05) is 6.42 Å². The second kappa shape index (κ2) is 6.96. The summed E-state index contributed by atoms with van der Waals surface area (Å²) in [5.74, 6) is -1.61. The molecule has 0 bridgehead atoms. The maximum absolute atomic E-state index is 11.0. The average molecular weight is 236 g/mol. The Morgan fingerprint density at radius 1 is 1.47 bits per heavy atom. The Bertz CT molecular complexity index is 354. The van der Waals surface area contributed by atoms with Crippen LogP contribution in [-0.2, 0) is 19.9 Å². The molecule has 0 rings (SSSR count). The predicted octanol–water partition coefficient (Wildman–Crippen LogP) is -2.02. The first-order chi connectivity index (χ1) is 6.93. The lowest BCUT2D eigenvalue weighted by Crippen LogP contribution is -2.33. The van der Waals surface area contributed by atoms with Crippen molar-refractivity contribution in [2.75, 3.05) is 6.54 Å². The zero-order valence-corrected chi connectivity index (χ0v) is 8.66. The van der Waals surface area contributed by atoms with Gasteiger partial charge >= 0.3 is 5.97 Å². The number of carbonyl (C=O) groups is 2. The number of rotatable bonds is 6. The van der Waals surface area contributed by atoms with E-state index in [2.05, 4.69) is 5.32 Å². The number of amides is 1. The maximum Gasteiger partial charge on any atom is 0.320 e. The highest BCUT2D eigenvalue weighted by atomic mass is 32.2. The van der Waals surface area contributed by atoms with Crippen LogP contribution in [0.2, 0.25) is 0 Å². The van der Waals surface area contributed by atoms with Crippen molar-refractivity contribution in [2.45, 2.75) is 18.9 Å². The molecule has 1 amide bonds. The second-order valence-corrected chi connectivity index (χ2v) is 3.57. The number of carboxylic acids is 1. The summed E-state index contributed by atoms with van der Waals surface area (Å²) >= 11 is 0. The van der Waals surface area contributed by atoms with E-state index >= 15 is 0 Å². The van der Waals surface area contributed by atoms with Crippen molar-refractivity contribution in [2.24, 2.45) is 5.73 Å². The van der Waals surface area contributed by atoms with Gasteiger partial charge in [0.2, 0.25) is 16.2 Å². The highest BCUT2D eigenvalue weighted by Gasteiger charge is 2.12. The molecule has 86 valence electrons. The Labute approximate surface area is 87.8 Å². The zero-order chi connectivity index (χ0) is 11.8. The van der Waals surface area contributed by atoms with E-state index in [0.29, 0.717) is 0 Å². The van der Waals surface area contributed by atoms with Gasteiger partial charge in [0.05, 0.1) is 11.9 Å². The lowest BCUT2D eigenvalue weighted by molar-refractivity contribution is -0.138. The van der Waals surface area contributed by atoms with Gasteiger partial charge in [-0.15, -0.1) is 0 Å². The molecule has 0 saturated carbocycles. The summed E-state index contributed by atoms with van der Waals surface area (Å²) in [5, 5.41) is 11.6. The molecule has 0 aromatic heterocycles. The van der Waals surface area contributed by atoms with E-state index < -0.39 is 28.2 Å². The summed E-state index contributed by atoms with van der Waals surface area (Å²) in [6.07, 6.45) is -0.0333. The van der Waals surface area contributed by atoms with Crippen LogP contribution in [0, 0.1) is 0 Å². The fourth-order valence-corrected chi connectivity index (χ4v) is 0.941. The van der Waals surface area contributed by atoms with Crippen molar-refractivity contribution >= 4 is 27.5 Å². The normalized spacial score (nSPS) is 11.5. The monoisotopic (exact) mass is 236 g/mol. The smallest absolute Gasteiger partial charge is 0.320 e. The van der Waals surface area contributed by atoms with Crippen LogP contribution < -0.4 is 11.1 Å². The van der Waals surface area contributed by atoms with Crippen molar-refractivity contribution < 1.29 is 23.1 Å². The standard InChI is InChI=1S/C7H12N2O5S/c8-5(7(11)12)1-2-6(10)9-3-4-15(13)14/h4-5H,1-3,8H2,(H,9,10)(H,11,12). The minimum absolute atomic E-state index is 0.0155. The molecule has 1 atom stereocenters. The van der Waals surface area contributed by atoms with Crippen molar-refractivity contribution in [1.29, 1.82) is 0 Å². The minimum Gasteiger partial charge on any atom is -0.480 e. The van der Waals surface area contributed by atoms with E-state index in [9.17, 15) is 18.0 Å². The fourth-order valence-electron chi connectivity index (χ4n) is 0.722. The van der Waals surface area contributed by atoms with E-state index in [0.717, 1.165) is 5.37 Å². The van der Waals surface area contributed by atoms with Gasteiger partial charge in [0.25, 0.3) is 0 Å². The summed E-state index contributed by atoms with van der Waals surface area (Å²) in [5.41, 5.74) is 5.16. The SMILES string of the molecule is NC(CCC(=O)NCC=S(=O)=O)C(=O)O. The largest absolute Gasteiger partial charge is 0.480 e. The van der Waals surface area contributed by atoms with Crippen LogP contribution in [0.3, 0.4) is 0 Å². The van der Waals surface area contributed by atoms with Gasteiger partial charge in [-0.05, 0) is 6.42 Å². The van der Waals surface area contributed by atoms with Crippen molar-refractivity contribution in [3.63, 3.8) is 0 Å². The van der Waals surface area contributed by atoms with E-state index in [1.54, 1.807) is 0 Å². The highest BCUT2D eigenvalue weighted by Crippen LogP contribution is 1.93. The Kier molecular flexibility index (Phi) is 6.30. The van der Waals surface area contributed by atoms with Crippen LogP contribution in [0.5, 0.6) is 0 Å². The lowest BCUT2D eigenvalue weighted by Gasteiger charge is -2.05. The van der Waals surface area contributed by atoms with Gasteiger partial charge in [-0.3, -0.25) is 9.59 Å². The van der Waals surface area contributed by atoms with Crippen LogP contribution in [0.1, 0.15) is 12.8 Å². The quantitative estimate of drug-likeness (QED) is 0.457. The van der Waals surface area contributed by atoms with E-state index in [1.807, 2.05) is 0 Å². The van der Waals surface area contributed by atoms with Gasteiger partial charge in [0.15, 0.2) is 0 Å². The minimum atomic E-state index is -2.31. The molecular formula is C7H12N2O5S. The number of carbonyl (C=O) groups excluding carboxylic acids is 1. The molecule has 7 nitrogen and oxygen atoms in total.